The number of methoxy groups -OCH3 is 1. The molecule has 0 radical (unpaired) electrons. The molecule has 0 bridgehead atoms. The van der Waals surface area contributed by atoms with Crippen molar-refractivity contribution < 1.29 is 9.53 Å². The van der Waals surface area contributed by atoms with Crippen molar-refractivity contribution in [2.45, 2.75) is 25.7 Å². The van der Waals surface area contributed by atoms with Crippen molar-refractivity contribution >= 4 is 17.4 Å². The van der Waals surface area contributed by atoms with E-state index in [0.717, 1.165) is 19.5 Å². The van der Waals surface area contributed by atoms with Crippen LogP contribution in [0.5, 0.6) is 5.75 Å². The molecule has 0 aromatic heterocycles. The second-order valence-corrected chi connectivity index (χ2v) is 5.46. The zero-order valence-electron chi connectivity index (χ0n) is 11.2. The Morgan fingerprint density at radius 2 is 2.37 bits per heavy atom. The van der Waals surface area contributed by atoms with Gasteiger partial charge in [0.1, 0.15) is 5.75 Å². The van der Waals surface area contributed by atoms with Gasteiger partial charge in [0.2, 0.25) is 0 Å². The van der Waals surface area contributed by atoms with Crippen molar-refractivity contribution in [3.8, 4) is 5.75 Å². The first-order valence-corrected chi connectivity index (χ1v) is 7.16. The van der Waals surface area contributed by atoms with Crippen molar-refractivity contribution in [3.05, 3.63) is 28.8 Å². The Morgan fingerprint density at radius 3 is 3.05 bits per heavy atom. The number of rotatable bonds is 5. The van der Waals surface area contributed by atoms with E-state index in [1.807, 2.05) is 0 Å². The monoisotopic (exact) mass is 281 g/mol. The summed E-state index contributed by atoms with van der Waals surface area (Å²) < 4.78 is 5.22. The second kappa shape index (κ2) is 6.92. The number of ketones is 1. The molecule has 2 rings (SSSR count). The minimum atomic E-state index is 0.116. The van der Waals surface area contributed by atoms with Gasteiger partial charge < -0.3 is 10.1 Å². The molecular formula is C15H20ClNO2. The van der Waals surface area contributed by atoms with E-state index in [9.17, 15) is 4.79 Å². The third kappa shape index (κ3) is 3.95. The Labute approximate surface area is 119 Å². The van der Waals surface area contributed by atoms with Crippen molar-refractivity contribution in [1.29, 1.82) is 0 Å². The van der Waals surface area contributed by atoms with E-state index in [4.69, 9.17) is 16.3 Å². The highest BCUT2D eigenvalue weighted by atomic mass is 35.5. The summed E-state index contributed by atoms with van der Waals surface area (Å²) in [4.78, 5) is 12.3. The van der Waals surface area contributed by atoms with E-state index in [-0.39, 0.29) is 5.78 Å². The van der Waals surface area contributed by atoms with Crippen LogP contribution in [0.2, 0.25) is 5.02 Å². The van der Waals surface area contributed by atoms with Gasteiger partial charge in [0.15, 0.2) is 5.78 Å². The van der Waals surface area contributed by atoms with Gasteiger partial charge in [-0.3, -0.25) is 4.79 Å². The number of halogens is 1. The summed E-state index contributed by atoms with van der Waals surface area (Å²) in [7, 11) is 1.57. The zero-order valence-corrected chi connectivity index (χ0v) is 12.0. The number of hydrogen-bond donors (Lipinski definition) is 1. The highest BCUT2D eigenvalue weighted by Crippen LogP contribution is 2.25. The first-order valence-electron chi connectivity index (χ1n) is 6.78. The summed E-state index contributed by atoms with van der Waals surface area (Å²) >= 11 is 5.95. The van der Waals surface area contributed by atoms with E-state index < -0.39 is 0 Å². The lowest BCUT2D eigenvalue weighted by Gasteiger charge is -2.22. The average molecular weight is 282 g/mol. The van der Waals surface area contributed by atoms with Crippen LogP contribution in [0.1, 0.15) is 36.0 Å². The molecule has 1 aromatic rings. The van der Waals surface area contributed by atoms with Crippen LogP contribution in [-0.2, 0) is 0 Å². The number of carbonyl (C=O) groups excluding carboxylic acids is 1. The van der Waals surface area contributed by atoms with Gasteiger partial charge in [-0.25, -0.2) is 0 Å². The number of piperidine rings is 1. The third-order valence-electron chi connectivity index (χ3n) is 3.64. The van der Waals surface area contributed by atoms with Gasteiger partial charge in [0, 0.05) is 11.4 Å². The van der Waals surface area contributed by atoms with Gasteiger partial charge in [-0.1, -0.05) is 11.6 Å². The first kappa shape index (κ1) is 14.4. The smallest absolute Gasteiger partial charge is 0.166 e. The predicted molar refractivity (Wildman–Crippen MR) is 77.2 cm³/mol. The molecule has 3 nitrogen and oxygen atoms in total. The predicted octanol–water partition coefficient (Wildman–Crippen LogP) is 3.31. The normalized spacial score (nSPS) is 19.2. The molecule has 1 atom stereocenters. The lowest BCUT2D eigenvalue weighted by molar-refractivity contribution is 0.0968. The van der Waals surface area contributed by atoms with Crippen molar-refractivity contribution in [1.82, 2.24) is 5.32 Å². The number of Topliss-reactive ketones (excluding diaryl/α,β-unsaturated/α-hetero) is 1. The average Bonchev–Trinajstić information content (AvgIpc) is 2.46. The molecule has 1 aliphatic heterocycles. The Hall–Kier alpha value is -1.06. The number of ether oxygens (including phenoxy) is 1. The summed E-state index contributed by atoms with van der Waals surface area (Å²) in [5, 5.41) is 3.95. The topological polar surface area (TPSA) is 38.3 Å². The fraction of sp³-hybridized carbons (Fsp3) is 0.533. The number of benzene rings is 1. The molecule has 1 fully saturated rings. The van der Waals surface area contributed by atoms with Gasteiger partial charge >= 0.3 is 0 Å². The first-order chi connectivity index (χ1) is 9.20. The molecule has 1 unspecified atom stereocenters. The van der Waals surface area contributed by atoms with Crippen LogP contribution in [0.15, 0.2) is 18.2 Å². The van der Waals surface area contributed by atoms with Crippen LogP contribution < -0.4 is 10.1 Å². The second-order valence-electron chi connectivity index (χ2n) is 5.02. The molecule has 0 spiro atoms. The quantitative estimate of drug-likeness (QED) is 0.842. The Kier molecular flexibility index (Phi) is 5.23. The van der Waals surface area contributed by atoms with Gasteiger partial charge in [0.25, 0.3) is 0 Å². The molecule has 1 aromatic carbocycles. The van der Waals surface area contributed by atoms with Crippen molar-refractivity contribution in [2.75, 3.05) is 20.2 Å². The SMILES string of the molecule is COc1ccc(Cl)cc1C(=O)CCC1CCCNC1. The molecule has 1 N–H and O–H groups in total. The van der Waals surface area contributed by atoms with Crippen LogP contribution in [0.4, 0.5) is 0 Å². The Morgan fingerprint density at radius 1 is 1.53 bits per heavy atom. The molecule has 19 heavy (non-hydrogen) atoms. The number of nitrogens with one attached hydrogen (secondary N) is 1. The fourth-order valence-corrected chi connectivity index (χ4v) is 2.71. The van der Waals surface area contributed by atoms with Crippen molar-refractivity contribution in [2.24, 2.45) is 5.92 Å². The highest BCUT2D eigenvalue weighted by Gasteiger charge is 2.17. The van der Waals surface area contributed by atoms with E-state index in [0.29, 0.717) is 28.7 Å². The molecule has 104 valence electrons. The van der Waals surface area contributed by atoms with Gasteiger partial charge in [-0.15, -0.1) is 0 Å². The van der Waals surface area contributed by atoms with Crippen LogP contribution in [0.25, 0.3) is 0 Å². The van der Waals surface area contributed by atoms with Gasteiger partial charge in [-0.05, 0) is 56.5 Å². The lowest BCUT2D eigenvalue weighted by Crippen LogP contribution is -2.30. The molecule has 1 heterocycles. The largest absolute Gasteiger partial charge is 0.496 e. The zero-order chi connectivity index (χ0) is 13.7. The minimum absolute atomic E-state index is 0.116. The molecular weight excluding hydrogens is 262 g/mol. The van der Waals surface area contributed by atoms with E-state index in [2.05, 4.69) is 5.32 Å². The van der Waals surface area contributed by atoms with Crippen LogP contribution in [0, 0.1) is 5.92 Å². The van der Waals surface area contributed by atoms with Crippen LogP contribution in [0.3, 0.4) is 0 Å². The summed E-state index contributed by atoms with van der Waals surface area (Å²) in [6, 6.07) is 5.18. The molecule has 0 aliphatic carbocycles. The summed E-state index contributed by atoms with van der Waals surface area (Å²) in [6.45, 7) is 2.13. The van der Waals surface area contributed by atoms with Crippen LogP contribution in [-0.4, -0.2) is 26.0 Å². The molecule has 0 amide bonds. The minimum Gasteiger partial charge on any atom is -0.496 e. The van der Waals surface area contributed by atoms with E-state index >= 15 is 0 Å². The molecule has 1 aliphatic rings. The van der Waals surface area contributed by atoms with Crippen LogP contribution >= 0.6 is 11.6 Å². The lowest BCUT2D eigenvalue weighted by atomic mass is 9.92. The highest BCUT2D eigenvalue weighted by molar-refractivity contribution is 6.31. The maximum Gasteiger partial charge on any atom is 0.166 e. The maximum absolute atomic E-state index is 12.3. The Bertz CT molecular complexity index is 442. The fourth-order valence-electron chi connectivity index (χ4n) is 2.54. The van der Waals surface area contributed by atoms with E-state index in [1.54, 1.807) is 25.3 Å². The number of hydrogen-bond acceptors (Lipinski definition) is 3. The molecule has 1 saturated heterocycles. The molecule has 0 saturated carbocycles. The van der Waals surface area contributed by atoms with Crippen molar-refractivity contribution in [3.63, 3.8) is 0 Å². The standard InChI is InChI=1S/C15H20ClNO2/c1-19-15-7-5-12(16)9-13(15)14(18)6-4-11-3-2-8-17-10-11/h5,7,9,11,17H,2-4,6,8,10H2,1H3. The maximum atomic E-state index is 12.3. The van der Waals surface area contributed by atoms with Gasteiger partial charge in [-0.2, -0.15) is 0 Å². The summed E-state index contributed by atoms with van der Waals surface area (Å²) in [6.07, 6.45) is 3.91. The summed E-state index contributed by atoms with van der Waals surface area (Å²) in [5.74, 6) is 1.34. The Balaban J connectivity index is 1.97. The molecule has 4 heteroatoms. The third-order valence-corrected chi connectivity index (χ3v) is 3.88. The van der Waals surface area contributed by atoms with Gasteiger partial charge in [0.05, 0.1) is 12.7 Å². The summed E-state index contributed by atoms with van der Waals surface area (Å²) in [5.41, 5.74) is 0.596. The number of carbonyl (C=O) groups is 1. The van der Waals surface area contributed by atoms with E-state index in [1.165, 1.54) is 12.8 Å².